The molecule has 0 amide bonds. The van der Waals surface area contributed by atoms with Gasteiger partial charge >= 0.3 is 0 Å². The van der Waals surface area contributed by atoms with E-state index in [1.807, 2.05) is 60.8 Å². The van der Waals surface area contributed by atoms with Gasteiger partial charge in [-0.25, -0.2) is 4.98 Å². The van der Waals surface area contributed by atoms with E-state index in [9.17, 15) is 0 Å². The number of pyridine rings is 1. The number of hydrogen-bond acceptors (Lipinski definition) is 4. The quantitative estimate of drug-likeness (QED) is 0.647. The van der Waals surface area contributed by atoms with Gasteiger partial charge in [0, 0.05) is 49.4 Å². The van der Waals surface area contributed by atoms with E-state index >= 15 is 0 Å². The summed E-state index contributed by atoms with van der Waals surface area (Å²) >= 11 is 5.61. The van der Waals surface area contributed by atoms with E-state index in [4.69, 9.17) is 12.2 Å². The molecule has 142 valence electrons. The molecule has 1 saturated heterocycles. The maximum Gasteiger partial charge on any atom is 0.173 e. The van der Waals surface area contributed by atoms with Crippen molar-refractivity contribution in [1.82, 2.24) is 9.88 Å². The molecule has 0 aliphatic carbocycles. The third-order valence-corrected chi connectivity index (χ3v) is 5.10. The molecule has 2 N–H and O–H groups in total. The summed E-state index contributed by atoms with van der Waals surface area (Å²) in [5, 5.41) is 7.51. The number of thiocarbonyl (C=S) groups is 1. The first-order valence-corrected chi connectivity index (χ1v) is 9.83. The van der Waals surface area contributed by atoms with Crippen LogP contribution in [0.25, 0.3) is 0 Å². The Morgan fingerprint density at radius 1 is 0.750 bits per heavy atom. The molecule has 0 saturated carbocycles. The van der Waals surface area contributed by atoms with Gasteiger partial charge in [-0.3, -0.25) is 0 Å². The SMILES string of the molecule is S=C(Nc1ccc(Nc2ccccc2)cc1)N1CCN(c2ccccn2)CC1. The van der Waals surface area contributed by atoms with Crippen LogP contribution in [0.15, 0.2) is 79.0 Å². The molecule has 5 nitrogen and oxygen atoms in total. The van der Waals surface area contributed by atoms with Crippen LogP contribution in [-0.4, -0.2) is 41.2 Å². The van der Waals surface area contributed by atoms with Crippen LogP contribution in [0.5, 0.6) is 0 Å². The first kappa shape index (κ1) is 18.3. The van der Waals surface area contributed by atoms with Crippen LogP contribution in [0, 0.1) is 0 Å². The van der Waals surface area contributed by atoms with Crippen LogP contribution >= 0.6 is 12.2 Å². The summed E-state index contributed by atoms with van der Waals surface area (Å²) in [5.74, 6) is 1.03. The molecule has 3 aromatic rings. The summed E-state index contributed by atoms with van der Waals surface area (Å²) in [7, 11) is 0. The van der Waals surface area contributed by atoms with Gasteiger partial charge in [-0.1, -0.05) is 24.3 Å². The van der Waals surface area contributed by atoms with Crippen molar-refractivity contribution in [2.45, 2.75) is 0 Å². The lowest BCUT2D eigenvalue weighted by Crippen LogP contribution is -2.50. The number of nitrogens with zero attached hydrogens (tertiary/aromatic N) is 3. The van der Waals surface area contributed by atoms with Crippen molar-refractivity contribution in [3.63, 3.8) is 0 Å². The van der Waals surface area contributed by atoms with Gasteiger partial charge in [0.1, 0.15) is 5.82 Å². The fraction of sp³-hybridized carbons (Fsp3) is 0.182. The molecule has 0 unspecified atom stereocenters. The highest BCUT2D eigenvalue weighted by atomic mass is 32.1. The van der Waals surface area contributed by atoms with E-state index < -0.39 is 0 Å². The Bertz CT molecular complexity index is 891. The summed E-state index contributed by atoms with van der Waals surface area (Å²) in [6, 6.07) is 24.4. The molecule has 1 fully saturated rings. The molecule has 28 heavy (non-hydrogen) atoms. The molecule has 0 spiro atoms. The number of nitrogens with one attached hydrogen (secondary N) is 2. The van der Waals surface area contributed by atoms with Crippen LogP contribution in [0.4, 0.5) is 22.9 Å². The Morgan fingerprint density at radius 3 is 2.07 bits per heavy atom. The maximum atomic E-state index is 5.61. The Morgan fingerprint density at radius 2 is 1.39 bits per heavy atom. The molecule has 1 aliphatic heterocycles. The minimum atomic E-state index is 0.768. The molecule has 1 aliphatic rings. The minimum Gasteiger partial charge on any atom is -0.356 e. The molecule has 6 heteroatoms. The summed E-state index contributed by atoms with van der Waals surface area (Å²) in [4.78, 5) is 8.94. The van der Waals surface area contributed by atoms with Crippen molar-refractivity contribution >= 4 is 40.2 Å². The van der Waals surface area contributed by atoms with Gasteiger partial charge in [0.2, 0.25) is 0 Å². The predicted molar refractivity (Wildman–Crippen MR) is 120 cm³/mol. The highest BCUT2D eigenvalue weighted by molar-refractivity contribution is 7.80. The summed E-state index contributed by atoms with van der Waals surface area (Å²) in [5.41, 5.74) is 3.12. The Balaban J connectivity index is 1.29. The largest absolute Gasteiger partial charge is 0.356 e. The number of hydrogen-bond donors (Lipinski definition) is 2. The van der Waals surface area contributed by atoms with Crippen molar-refractivity contribution in [1.29, 1.82) is 0 Å². The van der Waals surface area contributed by atoms with Crippen LogP contribution in [0.1, 0.15) is 0 Å². The van der Waals surface area contributed by atoms with Gasteiger partial charge in [0.05, 0.1) is 0 Å². The molecular formula is C22H23N5S. The average molecular weight is 390 g/mol. The topological polar surface area (TPSA) is 43.4 Å². The van der Waals surface area contributed by atoms with Crippen molar-refractivity contribution < 1.29 is 0 Å². The Hall–Kier alpha value is -3.12. The van der Waals surface area contributed by atoms with E-state index in [0.717, 1.165) is 54.2 Å². The molecule has 0 atom stereocenters. The van der Waals surface area contributed by atoms with E-state index in [1.54, 1.807) is 0 Å². The zero-order valence-corrected chi connectivity index (χ0v) is 16.4. The second kappa shape index (κ2) is 8.71. The number of benzene rings is 2. The van der Waals surface area contributed by atoms with Crippen molar-refractivity contribution in [2.75, 3.05) is 41.7 Å². The van der Waals surface area contributed by atoms with Gasteiger partial charge in [-0.15, -0.1) is 0 Å². The summed E-state index contributed by atoms with van der Waals surface area (Å²) < 4.78 is 0. The lowest BCUT2D eigenvalue weighted by atomic mass is 10.2. The minimum absolute atomic E-state index is 0.768. The molecule has 2 aromatic carbocycles. The number of rotatable bonds is 4. The van der Waals surface area contributed by atoms with Crippen LogP contribution in [-0.2, 0) is 0 Å². The monoisotopic (exact) mass is 389 g/mol. The van der Waals surface area contributed by atoms with E-state index in [1.165, 1.54) is 0 Å². The van der Waals surface area contributed by atoms with Crippen LogP contribution in [0.3, 0.4) is 0 Å². The normalized spacial score (nSPS) is 13.9. The maximum absolute atomic E-state index is 5.61. The van der Waals surface area contributed by atoms with Crippen molar-refractivity contribution in [3.05, 3.63) is 79.0 Å². The first-order chi connectivity index (χ1) is 13.8. The highest BCUT2D eigenvalue weighted by Gasteiger charge is 2.19. The number of para-hydroxylation sites is 1. The average Bonchev–Trinajstić information content (AvgIpc) is 2.76. The molecular weight excluding hydrogens is 366 g/mol. The zero-order valence-electron chi connectivity index (χ0n) is 15.6. The highest BCUT2D eigenvalue weighted by Crippen LogP contribution is 2.19. The predicted octanol–water partition coefficient (Wildman–Crippen LogP) is 4.34. The fourth-order valence-electron chi connectivity index (χ4n) is 3.21. The number of piperazine rings is 1. The molecule has 2 heterocycles. The van der Waals surface area contributed by atoms with Gasteiger partial charge in [-0.05, 0) is 60.7 Å². The molecule has 0 bridgehead atoms. The zero-order chi connectivity index (χ0) is 19.2. The smallest absolute Gasteiger partial charge is 0.173 e. The number of aromatic nitrogens is 1. The summed E-state index contributed by atoms with van der Waals surface area (Å²) in [6.07, 6.45) is 1.84. The van der Waals surface area contributed by atoms with Gasteiger partial charge < -0.3 is 20.4 Å². The third kappa shape index (κ3) is 4.58. The van der Waals surface area contributed by atoms with Gasteiger partial charge in [-0.2, -0.15) is 0 Å². The van der Waals surface area contributed by atoms with Crippen molar-refractivity contribution in [3.8, 4) is 0 Å². The van der Waals surface area contributed by atoms with E-state index in [-0.39, 0.29) is 0 Å². The summed E-state index contributed by atoms with van der Waals surface area (Å²) in [6.45, 7) is 3.60. The Labute approximate surface area is 171 Å². The van der Waals surface area contributed by atoms with Gasteiger partial charge in [0.15, 0.2) is 5.11 Å². The van der Waals surface area contributed by atoms with Crippen LogP contribution in [0.2, 0.25) is 0 Å². The Kier molecular flexibility index (Phi) is 5.68. The molecule has 4 rings (SSSR count). The van der Waals surface area contributed by atoms with Crippen molar-refractivity contribution in [2.24, 2.45) is 0 Å². The second-order valence-electron chi connectivity index (χ2n) is 6.66. The van der Waals surface area contributed by atoms with E-state index in [0.29, 0.717) is 0 Å². The number of anilines is 4. The standard InChI is InChI=1S/C22H23N5S/c28-22(27-16-14-26(15-17-27)21-8-4-5-13-23-21)25-20-11-9-19(10-12-20)24-18-6-2-1-3-7-18/h1-13,24H,14-17H2,(H,25,28). The van der Waals surface area contributed by atoms with Gasteiger partial charge in [0.25, 0.3) is 0 Å². The fourth-order valence-corrected chi connectivity index (χ4v) is 3.51. The van der Waals surface area contributed by atoms with Crippen LogP contribution < -0.4 is 15.5 Å². The van der Waals surface area contributed by atoms with E-state index in [2.05, 4.69) is 43.6 Å². The first-order valence-electron chi connectivity index (χ1n) is 9.42. The lowest BCUT2D eigenvalue weighted by Gasteiger charge is -2.36. The second-order valence-corrected chi connectivity index (χ2v) is 7.05. The third-order valence-electron chi connectivity index (χ3n) is 4.74. The lowest BCUT2D eigenvalue weighted by molar-refractivity contribution is 0.389. The molecule has 0 radical (unpaired) electrons. The molecule has 1 aromatic heterocycles.